The molecular weight excluding hydrogens is 272 g/mol. The highest BCUT2D eigenvalue weighted by Crippen LogP contribution is 2.39. The number of nitrogens with zero attached hydrogens (tertiary/aromatic N) is 2. The van der Waals surface area contributed by atoms with Gasteiger partial charge in [0.1, 0.15) is 24.0 Å². The molecule has 3 heterocycles. The van der Waals surface area contributed by atoms with Crippen molar-refractivity contribution in [2.45, 2.75) is 17.4 Å². The summed E-state index contributed by atoms with van der Waals surface area (Å²) in [5.74, 6) is 10.0. The van der Waals surface area contributed by atoms with Gasteiger partial charge >= 0.3 is 0 Å². The minimum Gasteiger partial charge on any atom is -0.492 e. The molecule has 0 bridgehead atoms. The Hall–Kier alpha value is -1.79. The number of hydrazine groups is 1. The molecule has 0 spiro atoms. The highest BCUT2D eigenvalue weighted by molar-refractivity contribution is 7.98. The molecule has 0 saturated carbocycles. The van der Waals surface area contributed by atoms with Crippen LogP contribution in [0.2, 0.25) is 0 Å². The maximum absolute atomic E-state index is 5.72. The Labute approximate surface area is 120 Å². The second-order valence-electron chi connectivity index (χ2n) is 4.89. The van der Waals surface area contributed by atoms with Crippen molar-refractivity contribution in [3.05, 3.63) is 46.9 Å². The average molecular weight is 286 g/mol. The number of nitrogens with two attached hydrogens (primary N) is 1. The molecule has 6 heteroatoms. The van der Waals surface area contributed by atoms with Gasteiger partial charge in [-0.1, -0.05) is 18.2 Å². The van der Waals surface area contributed by atoms with Crippen LogP contribution < -0.4 is 16.0 Å². The van der Waals surface area contributed by atoms with E-state index < -0.39 is 0 Å². The Morgan fingerprint density at radius 1 is 1.25 bits per heavy atom. The Balaban J connectivity index is 1.81. The standard InChI is InChI=1S/C14H14N4OS/c15-18-14-10-6-20-7-11(10)16-13(17-14)9-5-19-12-4-2-1-3-8(9)12/h1-4,9H,5-7,15H2,(H,16,17,18). The third kappa shape index (κ3) is 1.76. The van der Waals surface area contributed by atoms with Crippen molar-refractivity contribution in [2.24, 2.45) is 5.84 Å². The predicted molar refractivity (Wildman–Crippen MR) is 78.6 cm³/mol. The van der Waals surface area contributed by atoms with E-state index >= 15 is 0 Å². The molecule has 0 radical (unpaired) electrons. The first-order chi connectivity index (χ1) is 9.86. The van der Waals surface area contributed by atoms with Gasteiger partial charge in [-0.25, -0.2) is 15.8 Å². The molecule has 0 amide bonds. The van der Waals surface area contributed by atoms with E-state index in [1.807, 2.05) is 30.0 Å². The molecule has 102 valence electrons. The van der Waals surface area contributed by atoms with Gasteiger partial charge in [0.25, 0.3) is 0 Å². The molecule has 4 rings (SSSR count). The molecule has 0 fully saturated rings. The zero-order valence-electron chi connectivity index (χ0n) is 10.8. The summed E-state index contributed by atoms with van der Waals surface area (Å²) in [6, 6.07) is 8.06. The van der Waals surface area contributed by atoms with E-state index in [1.54, 1.807) is 0 Å². The van der Waals surface area contributed by atoms with Gasteiger partial charge in [-0.15, -0.1) is 0 Å². The molecule has 1 atom stereocenters. The fourth-order valence-electron chi connectivity index (χ4n) is 2.72. The lowest BCUT2D eigenvalue weighted by Crippen LogP contribution is -2.16. The van der Waals surface area contributed by atoms with Gasteiger partial charge in [-0.3, -0.25) is 0 Å². The zero-order valence-corrected chi connectivity index (χ0v) is 11.6. The van der Waals surface area contributed by atoms with Crippen LogP contribution in [-0.2, 0) is 11.5 Å². The van der Waals surface area contributed by atoms with E-state index in [2.05, 4.69) is 16.5 Å². The molecule has 1 aromatic carbocycles. The summed E-state index contributed by atoms with van der Waals surface area (Å²) >= 11 is 1.84. The average Bonchev–Trinajstić information content (AvgIpc) is 3.12. The normalized spacial score (nSPS) is 19.4. The SMILES string of the molecule is NNc1nc(C2COc3ccccc32)nc2c1CSC2. The van der Waals surface area contributed by atoms with Crippen LogP contribution in [0.5, 0.6) is 5.75 Å². The van der Waals surface area contributed by atoms with Crippen molar-refractivity contribution in [2.75, 3.05) is 12.0 Å². The van der Waals surface area contributed by atoms with Gasteiger partial charge in [-0.2, -0.15) is 11.8 Å². The number of aromatic nitrogens is 2. The van der Waals surface area contributed by atoms with E-state index in [1.165, 1.54) is 0 Å². The van der Waals surface area contributed by atoms with Crippen molar-refractivity contribution in [1.29, 1.82) is 0 Å². The molecule has 2 aromatic rings. The summed E-state index contributed by atoms with van der Waals surface area (Å²) in [6.45, 7) is 0.593. The fraction of sp³-hybridized carbons (Fsp3) is 0.286. The molecule has 0 saturated heterocycles. The molecule has 3 N–H and O–H groups in total. The third-order valence-electron chi connectivity index (χ3n) is 3.74. The lowest BCUT2D eigenvalue weighted by Gasteiger charge is -2.12. The van der Waals surface area contributed by atoms with Gasteiger partial charge in [0.15, 0.2) is 0 Å². The molecular formula is C14H14N4OS. The van der Waals surface area contributed by atoms with E-state index in [4.69, 9.17) is 15.6 Å². The Bertz CT molecular complexity index is 676. The lowest BCUT2D eigenvalue weighted by molar-refractivity contribution is 0.339. The number of benzene rings is 1. The van der Waals surface area contributed by atoms with E-state index in [0.29, 0.717) is 6.61 Å². The minimum atomic E-state index is 0.0919. The van der Waals surface area contributed by atoms with Crippen LogP contribution in [0.3, 0.4) is 0 Å². The molecule has 5 nitrogen and oxygen atoms in total. The van der Waals surface area contributed by atoms with Crippen LogP contribution in [0.15, 0.2) is 24.3 Å². The predicted octanol–water partition coefficient (Wildman–Crippen LogP) is 2.03. The second-order valence-corrected chi connectivity index (χ2v) is 5.88. The number of nitrogens with one attached hydrogen (secondary N) is 1. The van der Waals surface area contributed by atoms with Crippen LogP contribution >= 0.6 is 11.8 Å². The lowest BCUT2D eigenvalue weighted by atomic mass is 10.0. The number of rotatable bonds is 2. The van der Waals surface area contributed by atoms with Gasteiger partial charge in [0, 0.05) is 22.6 Å². The van der Waals surface area contributed by atoms with E-state index in [-0.39, 0.29) is 5.92 Å². The van der Waals surface area contributed by atoms with Crippen molar-refractivity contribution in [1.82, 2.24) is 9.97 Å². The maximum Gasteiger partial charge on any atom is 0.148 e. The summed E-state index contributed by atoms with van der Waals surface area (Å²) in [5, 5.41) is 0. The molecule has 0 aliphatic carbocycles. The largest absolute Gasteiger partial charge is 0.492 e. The highest BCUT2D eigenvalue weighted by Gasteiger charge is 2.30. The first kappa shape index (κ1) is 12.0. The van der Waals surface area contributed by atoms with E-state index in [0.717, 1.165) is 45.7 Å². The minimum absolute atomic E-state index is 0.0919. The van der Waals surface area contributed by atoms with Crippen molar-refractivity contribution in [3.8, 4) is 5.75 Å². The number of para-hydroxylation sites is 1. The van der Waals surface area contributed by atoms with Crippen molar-refractivity contribution >= 4 is 17.6 Å². The topological polar surface area (TPSA) is 73.1 Å². The van der Waals surface area contributed by atoms with Gasteiger partial charge in [0.05, 0.1) is 11.6 Å². The Morgan fingerprint density at radius 3 is 3.05 bits per heavy atom. The summed E-state index contributed by atoms with van der Waals surface area (Å²) in [5.41, 5.74) is 6.09. The Morgan fingerprint density at radius 2 is 2.15 bits per heavy atom. The molecule has 1 aromatic heterocycles. The second kappa shape index (κ2) is 4.64. The number of nitrogen functional groups attached to an aromatic ring is 1. The Kier molecular flexibility index (Phi) is 2.78. The van der Waals surface area contributed by atoms with E-state index in [9.17, 15) is 0 Å². The van der Waals surface area contributed by atoms with Gasteiger partial charge in [-0.05, 0) is 6.07 Å². The monoisotopic (exact) mass is 286 g/mol. The smallest absolute Gasteiger partial charge is 0.148 e. The van der Waals surface area contributed by atoms with Crippen LogP contribution in [0, 0.1) is 0 Å². The summed E-state index contributed by atoms with van der Waals surface area (Å²) in [4.78, 5) is 9.34. The number of thioether (sulfide) groups is 1. The van der Waals surface area contributed by atoms with Gasteiger partial charge < -0.3 is 10.2 Å². The number of fused-ring (bicyclic) bond motifs is 2. The summed E-state index contributed by atoms with van der Waals surface area (Å²) < 4.78 is 5.72. The number of ether oxygens (including phenoxy) is 1. The quantitative estimate of drug-likeness (QED) is 0.650. The number of hydrogen-bond donors (Lipinski definition) is 2. The first-order valence-corrected chi connectivity index (χ1v) is 7.68. The van der Waals surface area contributed by atoms with Crippen LogP contribution in [0.1, 0.15) is 28.6 Å². The summed E-state index contributed by atoms with van der Waals surface area (Å²) in [7, 11) is 0. The molecule has 2 aliphatic heterocycles. The van der Waals surface area contributed by atoms with Crippen molar-refractivity contribution < 1.29 is 4.74 Å². The summed E-state index contributed by atoms with van der Waals surface area (Å²) in [6.07, 6.45) is 0. The molecule has 1 unspecified atom stereocenters. The first-order valence-electron chi connectivity index (χ1n) is 6.52. The molecule has 2 aliphatic rings. The number of hydrogen-bond acceptors (Lipinski definition) is 6. The number of anilines is 1. The van der Waals surface area contributed by atoms with Crippen LogP contribution in [0.4, 0.5) is 5.82 Å². The van der Waals surface area contributed by atoms with Crippen LogP contribution in [0.25, 0.3) is 0 Å². The maximum atomic E-state index is 5.72. The van der Waals surface area contributed by atoms with Gasteiger partial charge in [0.2, 0.25) is 0 Å². The van der Waals surface area contributed by atoms with Crippen LogP contribution in [-0.4, -0.2) is 16.6 Å². The zero-order chi connectivity index (χ0) is 13.5. The third-order valence-corrected chi connectivity index (χ3v) is 4.71. The highest BCUT2D eigenvalue weighted by atomic mass is 32.2. The fourth-order valence-corrected chi connectivity index (χ4v) is 3.76. The van der Waals surface area contributed by atoms with Crippen molar-refractivity contribution in [3.63, 3.8) is 0 Å². The molecule has 20 heavy (non-hydrogen) atoms.